The van der Waals surface area contributed by atoms with Crippen LogP contribution < -0.4 is 5.73 Å². The molecule has 1 rings (SSSR count). The Hall–Kier alpha value is -1.40. The zero-order valence-corrected chi connectivity index (χ0v) is 13.4. The van der Waals surface area contributed by atoms with Crippen molar-refractivity contribution in [2.24, 2.45) is 5.73 Å². The van der Waals surface area contributed by atoms with Gasteiger partial charge in [0.25, 0.3) is 0 Å². The molecule has 110 valence electrons. The first kappa shape index (κ1) is 16.7. The minimum absolute atomic E-state index is 0.303. The molecular weight excluding hydrogens is 324 g/mol. The van der Waals surface area contributed by atoms with Crippen LogP contribution in [0.25, 0.3) is 0 Å². The van der Waals surface area contributed by atoms with Crippen molar-refractivity contribution in [2.75, 3.05) is 0 Å². The summed E-state index contributed by atoms with van der Waals surface area (Å²) in [4.78, 5) is 28.2. The molecule has 20 heavy (non-hydrogen) atoms. The summed E-state index contributed by atoms with van der Waals surface area (Å²) in [7, 11) is 0. The topological polar surface area (TPSA) is 72.6 Å². The molecule has 0 fully saturated rings. The standard InChI is InChI=1S/C14H19BrN2O3/c1-14(2,3)20-17(9-18)12(13(16)19)8-10-4-6-11(15)7-5-10/h4-7,9,12H,8H2,1-3H3,(H2,16,19). The number of carbonyl (C=O) groups is 2. The molecule has 2 N–H and O–H groups in total. The van der Waals surface area contributed by atoms with Crippen molar-refractivity contribution in [1.82, 2.24) is 5.06 Å². The zero-order chi connectivity index (χ0) is 15.3. The molecule has 0 aromatic heterocycles. The van der Waals surface area contributed by atoms with E-state index in [1.807, 2.05) is 24.3 Å². The van der Waals surface area contributed by atoms with Gasteiger partial charge in [-0.2, -0.15) is 0 Å². The zero-order valence-electron chi connectivity index (χ0n) is 11.8. The fourth-order valence-corrected chi connectivity index (χ4v) is 1.90. The van der Waals surface area contributed by atoms with E-state index in [2.05, 4.69) is 15.9 Å². The Morgan fingerprint density at radius 2 is 1.95 bits per heavy atom. The van der Waals surface area contributed by atoms with Crippen LogP contribution in [0.15, 0.2) is 28.7 Å². The summed E-state index contributed by atoms with van der Waals surface area (Å²) in [6.45, 7) is 5.38. The number of halogens is 1. The van der Waals surface area contributed by atoms with Gasteiger partial charge in [-0.25, -0.2) is 5.06 Å². The van der Waals surface area contributed by atoms with Crippen molar-refractivity contribution >= 4 is 28.2 Å². The highest BCUT2D eigenvalue weighted by Gasteiger charge is 2.28. The van der Waals surface area contributed by atoms with E-state index in [9.17, 15) is 9.59 Å². The molecule has 5 nitrogen and oxygen atoms in total. The number of rotatable bonds is 6. The van der Waals surface area contributed by atoms with E-state index in [0.717, 1.165) is 15.1 Å². The summed E-state index contributed by atoms with van der Waals surface area (Å²) in [5.74, 6) is -0.607. The molecule has 0 spiro atoms. The van der Waals surface area contributed by atoms with Gasteiger partial charge in [0.15, 0.2) is 0 Å². The Balaban J connectivity index is 2.89. The van der Waals surface area contributed by atoms with Crippen LogP contribution in [0, 0.1) is 0 Å². The predicted molar refractivity (Wildman–Crippen MR) is 79.6 cm³/mol. The van der Waals surface area contributed by atoms with Crippen LogP contribution in [0.1, 0.15) is 26.3 Å². The summed E-state index contributed by atoms with van der Waals surface area (Å²) < 4.78 is 0.940. The van der Waals surface area contributed by atoms with Crippen molar-refractivity contribution in [1.29, 1.82) is 0 Å². The number of hydrogen-bond donors (Lipinski definition) is 1. The maximum absolute atomic E-state index is 11.6. The number of primary amides is 1. The first-order valence-electron chi connectivity index (χ1n) is 6.19. The number of benzene rings is 1. The molecular formula is C14H19BrN2O3. The van der Waals surface area contributed by atoms with Crippen molar-refractivity contribution in [3.63, 3.8) is 0 Å². The van der Waals surface area contributed by atoms with Crippen LogP contribution in [0.4, 0.5) is 0 Å². The van der Waals surface area contributed by atoms with Gasteiger partial charge in [0.05, 0.1) is 5.60 Å². The third kappa shape index (κ3) is 5.30. The van der Waals surface area contributed by atoms with E-state index in [1.54, 1.807) is 20.8 Å². The number of amides is 2. The summed E-state index contributed by atoms with van der Waals surface area (Å²) in [5.41, 5.74) is 5.68. The predicted octanol–water partition coefficient (Wildman–Crippen LogP) is 2.03. The highest BCUT2D eigenvalue weighted by Crippen LogP contribution is 2.16. The molecule has 2 amide bonds. The molecule has 0 aliphatic heterocycles. The number of hydroxylamine groups is 2. The number of hydrogen-bond acceptors (Lipinski definition) is 3. The Morgan fingerprint density at radius 1 is 1.40 bits per heavy atom. The molecule has 0 bridgehead atoms. The molecule has 0 saturated heterocycles. The summed E-state index contributed by atoms with van der Waals surface area (Å²) >= 11 is 3.34. The third-order valence-electron chi connectivity index (χ3n) is 2.46. The Kier molecular flexibility index (Phi) is 5.71. The summed E-state index contributed by atoms with van der Waals surface area (Å²) in [5, 5.41) is 0.990. The van der Waals surface area contributed by atoms with Gasteiger partial charge in [-0.1, -0.05) is 28.1 Å². The van der Waals surface area contributed by atoms with Gasteiger partial charge >= 0.3 is 0 Å². The van der Waals surface area contributed by atoms with E-state index < -0.39 is 17.6 Å². The van der Waals surface area contributed by atoms with Gasteiger partial charge < -0.3 is 5.73 Å². The van der Waals surface area contributed by atoms with E-state index >= 15 is 0 Å². The second kappa shape index (κ2) is 6.85. The quantitative estimate of drug-likeness (QED) is 0.635. The van der Waals surface area contributed by atoms with Crippen LogP contribution in [-0.2, 0) is 20.8 Å². The monoisotopic (exact) mass is 342 g/mol. The van der Waals surface area contributed by atoms with Crippen molar-refractivity contribution in [3.8, 4) is 0 Å². The van der Waals surface area contributed by atoms with Crippen LogP contribution in [0.2, 0.25) is 0 Å². The Labute approximate surface area is 127 Å². The van der Waals surface area contributed by atoms with Gasteiger partial charge in [-0.3, -0.25) is 14.4 Å². The molecule has 0 aliphatic rings. The first-order chi connectivity index (χ1) is 9.23. The molecule has 0 saturated carbocycles. The fourth-order valence-electron chi connectivity index (χ4n) is 1.63. The smallest absolute Gasteiger partial charge is 0.243 e. The molecule has 1 atom stereocenters. The van der Waals surface area contributed by atoms with Crippen molar-refractivity contribution in [2.45, 2.75) is 38.8 Å². The van der Waals surface area contributed by atoms with E-state index in [-0.39, 0.29) is 0 Å². The van der Waals surface area contributed by atoms with Crippen molar-refractivity contribution < 1.29 is 14.4 Å². The minimum atomic E-state index is -0.840. The Bertz CT molecular complexity index is 468. The van der Waals surface area contributed by atoms with Crippen LogP contribution >= 0.6 is 15.9 Å². The number of nitrogens with zero attached hydrogens (tertiary/aromatic N) is 1. The average Bonchev–Trinajstić information content (AvgIpc) is 2.34. The molecule has 0 aliphatic carbocycles. The molecule has 0 heterocycles. The lowest BCUT2D eigenvalue weighted by Gasteiger charge is -2.31. The molecule has 1 aromatic carbocycles. The highest BCUT2D eigenvalue weighted by atomic mass is 79.9. The fraction of sp³-hybridized carbons (Fsp3) is 0.429. The molecule has 1 unspecified atom stereocenters. The summed E-state index contributed by atoms with van der Waals surface area (Å²) in [6, 6.07) is 6.61. The van der Waals surface area contributed by atoms with E-state index in [1.165, 1.54) is 0 Å². The number of carbonyl (C=O) groups excluding carboxylic acids is 2. The van der Waals surface area contributed by atoms with Crippen molar-refractivity contribution in [3.05, 3.63) is 34.3 Å². The Morgan fingerprint density at radius 3 is 2.35 bits per heavy atom. The molecule has 6 heteroatoms. The SMILES string of the molecule is CC(C)(C)ON(C=O)C(Cc1ccc(Br)cc1)C(N)=O. The highest BCUT2D eigenvalue weighted by molar-refractivity contribution is 9.10. The van der Waals surface area contributed by atoms with Gasteiger partial charge in [0, 0.05) is 10.9 Å². The van der Waals surface area contributed by atoms with Gasteiger partial charge in [-0.05, 0) is 38.5 Å². The lowest BCUT2D eigenvalue weighted by molar-refractivity contribution is -0.230. The van der Waals surface area contributed by atoms with Crippen LogP contribution in [0.3, 0.4) is 0 Å². The van der Waals surface area contributed by atoms with Crippen LogP contribution in [-0.4, -0.2) is 29.0 Å². The van der Waals surface area contributed by atoms with Crippen LogP contribution in [0.5, 0.6) is 0 Å². The van der Waals surface area contributed by atoms with Gasteiger partial charge in [-0.15, -0.1) is 0 Å². The average molecular weight is 343 g/mol. The third-order valence-corrected chi connectivity index (χ3v) is 2.99. The lowest BCUT2D eigenvalue weighted by Crippen LogP contribution is -2.48. The minimum Gasteiger partial charge on any atom is -0.368 e. The first-order valence-corrected chi connectivity index (χ1v) is 6.99. The second-order valence-electron chi connectivity index (χ2n) is 5.42. The molecule has 1 aromatic rings. The van der Waals surface area contributed by atoms with Gasteiger partial charge in [0.2, 0.25) is 12.3 Å². The molecule has 0 radical (unpaired) electrons. The maximum atomic E-state index is 11.6. The number of nitrogens with two attached hydrogens (primary N) is 1. The second-order valence-corrected chi connectivity index (χ2v) is 6.33. The summed E-state index contributed by atoms with van der Waals surface area (Å²) in [6.07, 6.45) is 0.789. The largest absolute Gasteiger partial charge is 0.368 e. The normalized spacial score (nSPS) is 12.8. The van der Waals surface area contributed by atoms with Gasteiger partial charge in [0.1, 0.15) is 6.04 Å². The lowest BCUT2D eigenvalue weighted by atomic mass is 10.1. The van der Waals surface area contributed by atoms with E-state index in [0.29, 0.717) is 12.8 Å². The van der Waals surface area contributed by atoms with E-state index in [4.69, 9.17) is 10.6 Å². The maximum Gasteiger partial charge on any atom is 0.243 e.